The number of hydrogen-bond donors (Lipinski definition) is 2. The molecule has 0 aliphatic carbocycles. The van der Waals surface area contributed by atoms with Crippen LogP contribution in [-0.2, 0) is 17.8 Å². The SMILES string of the molecule is CCN(Cc1ccccc1)C(=O)CNC(=NC)NCCc1ccc(Cl)nc1. The minimum Gasteiger partial charge on any atom is -0.356 e. The summed E-state index contributed by atoms with van der Waals surface area (Å²) < 4.78 is 0. The molecular weight excluding hydrogens is 362 g/mol. The minimum atomic E-state index is 0.0335. The van der Waals surface area contributed by atoms with Crippen LogP contribution in [0.5, 0.6) is 0 Å². The first-order valence-electron chi connectivity index (χ1n) is 8.99. The molecule has 0 atom stereocenters. The van der Waals surface area contributed by atoms with Gasteiger partial charge in [-0.2, -0.15) is 0 Å². The standard InChI is InChI=1S/C20H26ClN5O/c1-3-26(15-17-7-5-4-6-8-17)19(27)14-25-20(22-2)23-12-11-16-9-10-18(21)24-13-16/h4-10,13H,3,11-12,14-15H2,1-2H3,(H2,22,23,25). The first kappa shape index (κ1) is 20.7. The van der Waals surface area contributed by atoms with Crippen molar-refractivity contribution < 1.29 is 4.79 Å². The maximum atomic E-state index is 12.5. The Bertz CT molecular complexity index is 734. The van der Waals surface area contributed by atoms with E-state index in [4.69, 9.17) is 11.6 Å². The average molecular weight is 388 g/mol. The van der Waals surface area contributed by atoms with Crippen LogP contribution in [0.2, 0.25) is 5.15 Å². The highest BCUT2D eigenvalue weighted by atomic mass is 35.5. The number of likely N-dealkylation sites (N-methyl/N-ethyl adjacent to an activating group) is 1. The van der Waals surface area contributed by atoms with Crippen LogP contribution in [0, 0.1) is 0 Å². The smallest absolute Gasteiger partial charge is 0.242 e. The molecular formula is C20H26ClN5O. The largest absolute Gasteiger partial charge is 0.356 e. The average Bonchev–Trinajstić information content (AvgIpc) is 2.70. The summed E-state index contributed by atoms with van der Waals surface area (Å²) in [5, 5.41) is 6.76. The van der Waals surface area contributed by atoms with E-state index in [9.17, 15) is 4.79 Å². The molecule has 0 saturated carbocycles. The van der Waals surface area contributed by atoms with Crippen molar-refractivity contribution in [1.29, 1.82) is 0 Å². The van der Waals surface area contributed by atoms with Gasteiger partial charge < -0.3 is 15.5 Å². The number of rotatable bonds is 8. The highest BCUT2D eigenvalue weighted by molar-refractivity contribution is 6.29. The van der Waals surface area contributed by atoms with Crippen LogP contribution in [0.3, 0.4) is 0 Å². The maximum absolute atomic E-state index is 12.5. The zero-order valence-corrected chi connectivity index (χ0v) is 16.5. The number of guanidine groups is 1. The van der Waals surface area contributed by atoms with Crippen molar-refractivity contribution in [3.63, 3.8) is 0 Å². The second kappa shape index (κ2) is 11.2. The van der Waals surface area contributed by atoms with Gasteiger partial charge >= 0.3 is 0 Å². The van der Waals surface area contributed by atoms with E-state index in [0.29, 0.717) is 30.7 Å². The number of aliphatic imine (C=N–C) groups is 1. The molecule has 0 saturated heterocycles. The number of aromatic nitrogens is 1. The van der Waals surface area contributed by atoms with Gasteiger partial charge in [-0.05, 0) is 30.5 Å². The van der Waals surface area contributed by atoms with Gasteiger partial charge in [-0.15, -0.1) is 0 Å². The van der Waals surface area contributed by atoms with Crippen molar-refractivity contribution in [2.24, 2.45) is 4.99 Å². The number of amides is 1. The summed E-state index contributed by atoms with van der Waals surface area (Å²) in [6, 6.07) is 13.7. The quantitative estimate of drug-likeness (QED) is 0.415. The van der Waals surface area contributed by atoms with E-state index in [2.05, 4.69) is 20.6 Å². The van der Waals surface area contributed by atoms with Gasteiger partial charge in [-0.25, -0.2) is 4.98 Å². The summed E-state index contributed by atoms with van der Waals surface area (Å²) in [5.74, 6) is 0.632. The van der Waals surface area contributed by atoms with Crippen LogP contribution < -0.4 is 10.6 Å². The molecule has 2 aromatic rings. The number of nitrogens with one attached hydrogen (secondary N) is 2. The Kier molecular flexibility index (Phi) is 8.58. The fourth-order valence-electron chi connectivity index (χ4n) is 2.55. The van der Waals surface area contributed by atoms with Crippen molar-refractivity contribution in [1.82, 2.24) is 20.5 Å². The van der Waals surface area contributed by atoms with Crippen LogP contribution in [0.15, 0.2) is 53.7 Å². The third-order valence-electron chi connectivity index (χ3n) is 4.08. The van der Waals surface area contributed by atoms with Crippen LogP contribution in [0.1, 0.15) is 18.1 Å². The van der Waals surface area contributed by atoms with Crippen molar-refractivity contribution in [3.8, 4) is 0 Å². The topological polar surface area (TPSA) is 69.6 Å². The monoisotopic (exact) mass is 387 g/mol. The first-order valence-corrected chi connectivity index (χ1v) is 9.36. The second-order valence-corrected chi connectivity index (χ2v) is 6.37. The number of carbonyl (C=O) groups is 1. The van der Waals surface area contributed by atoms with Crippen molar-refractivity contribution in [2.75, 3.05) is 26.7 Å². The van der Waals surface area contributed by atoms with Gasteiger partial charge in [0.25, 0.3) is 0 Å². The van der Waals surface area contributed by atoms with Gasteiger partial charge in [-0.3, -0.25) is 9.79 Å². The van der Waals surface area contributed by atoms with Crippen LogP contribution in [0.25, 0.3) is 0 Å². The molecule has 2 rings (SSSR count). The molecule has 0 bridgehead atoms. The molecule has 7 heteroatoms. The lowest BCUT2D eigenvalue weighted by Crippen LogP contribution is -2.44. The molecule has 0 aliphatic rings. The highest BCUT2D eigenvalue weighted by Gasteiger charge is 2.12. The van der Waals surface area contributed by atoms with E-state index in [1.165, 1.54) is 0 Å². The lowest BCUT2D eigenvalue weighted by Gasteiger charge is -2.22. The Morgan fingerprint density at radius 1 is 1.15 bits per heavy atom. The lowest BCUT2D eigenvalue weighted by molar-refractivity contribution is -0.130. The van der Waals surface area contributed by atoms with Crippen molar-refractivity contribution in [3.05, 3.63) is 64.9 Å². The molecule has 27 heavy (non-hydrogen) atoms. The van der Waals surface area contributed by atoms with Crippen LogP contribution in [0.4, 0.5) is 0 Å². The molecule has 6 nitrogen and oxygen atoms in total. The van der Waals surface area contributed by atoms with E-state index in [1.54, 1.807) is 19.3 Å². The molecule has 0 aliphatic heterocycles. The number of halogens is 1. The van der Waals surface area contributed by atoms with Gasteiger partial charge in [0.2, 0.25) is 5.91 Å². The summed E-state index contributed by atoms with van der Waals surface area (Å²) in [4.78, 5) is 22.5. The molecule has 0 fully saturated rings. The van der Waals surface area contributed by atoms with Crippen LogP contribution in [-0.4, -0.2) is 48.4 Å². The molecule has 0 radical (unpaired) electrons. The van der Waals surface area contributed by atoms with Gasteiger partial charge in [0.15, 0.2) is 5.96 Å². The summed E-state index contributed by atoms with van der Waals surface area (Å²) in [6.07, 6.45) is 2.54. The minimum absolute atomic E-state index is 0.0335. The molecule has 1 aromatic heterocycles. The number of hydrogen-bond acceptors (Lipinski definition) is 3. The van der Waals surface area contributed by atoms with Gasteiger partial charge in [0.1, 0.15) is 5.15 Å². The van der Waals surface area contributed by atoms with Crippen LogP contribution >= 0.6 is 11.6 Å². The zero-order chi connectivity index (χ0) is 19.5. The van der Waals surface area contributed by atoms with E-state index in [-0.39, 0.29) is 12.5 Å². The van der Waals surface area contributed by atoms with Gasteiger partial charge in [0, 0.05) is 32.9 Å². The second-order valence-electron chi connectivity index (χ2n) is 5.99. The van der Waals surface area contributed by atoms with Crippen molar-refractivity contribution >= 4 is 23.5 Å². The van der Waals surface area contributed by atoms with E-state index in [0.717, 1.165) is 17.5 Å². The Labute approximate surface area is 165 Å². The predicted octanol–water partition coefficient (Wildman–Crippen LogP) is 2.49. The Balaban J connectivity index is 1.76. The third-order valence-corrected chi connectivity index (χ3v) is 4.30. The molecule has 1 aromatic carbocycles. The van der Waals surface area contributed by atoms with E-state index >= 15 is 0 Å². The summed E-state index contributed by atoms with van der Waals surface area (Å²) in [7, 11) is 1.69. The number of carbonyl (C=O) groups excluding carboxylic acids is 1. The van der Waals surface area contributed by atoms with Crippen molar-refractivity contribution in [2.45, 2.75) is 19.9 Å². The number of benzene rings is 1. The molecule has 1 amide bonds. The number of nitrogens with zero attached hydrogens (tertiary/aromatic N) is 3. The predicted molar refractivity (Wildman–Crippen MR) is 110 cm³/mol. The summed E-state index contributed by atoms with van der Waals surface area (Å²) in [6.45, 7) is 4.12. The normalized spacial score (nSPS) is 11.1. The third kappa shape index (κ3) is 7.27. The van der Waals surface area contributed by atoms with Gasteiger partial charge in [0.05, 0.1) is 6.54 Å². The molecule has 144 valence electrons. The highest BCUT2D eigenvalue weighted by Crippen LogP contribution is 2.05. The number of pyridine rings is 1. The zero-order valence-electron chi connectivity index (χ0n) is 15.8. The van der Waals surface area contributed by atoms with E-state index in [1.807, 2.05) is 48.2 Å². The molecule has 2 N–H and O–H groups in total. The molecule has 0 spiro atoms. The Morgan fingerprint density at radius 3 is 2.56 bits per heavy atom. The Morgan fingerprint density at radius 2 is 1.93 bits per heavy atom. The fraction of sp³-hybridized carbons (Fsp3) is 0.350. The molecule has 1 heterocycles. The summed E-state index contributed by atoms with van der Waals surface area (Å²) in [5.41, 5.74) is 2.20. The fourth-order valence-corrected chi connectivity index (χ4v) is 2.66. The maximum Gasteiger partial charge on any atom is 0.242 e. The lowest BCUT2D eigenvalue weighted by atomic mass is 10.2. The van der Waals surface area contributed by atoms with E-state index < -0.39 is 0 Å². The molecule has 0 unspecified atom stereocenters. The Hall–Kier alpha value is -2.60. The summed E-state index contributed by atoms with van der Waals surface area (Å²) >= 11 is 5.79. The van der Waals surface area contributed by atoms with Gasteiger partial charge in [-0.1, -0.05) is 48.0 Å². The first-order chi connectivity index (χ1) is 13.1.